The van der Waals surface area contributed by atoms with Crippen molar-refractivity contribution in [3.63, 3.8) is 0 Å². The van der Waals surface area contributed by atoms with Crippen LogP contribution in [0.15, 0.2) is 82.4 Å². The van der Waals surface area contributed by atoms with Gasteiger partial charge in [-0.2, -0.15) is 0 Å². The van der Waals surface area contributed by atoms with Crippen LogP contribution in [-0.2, 0) is 24.3 Å². The first-order chi connectivity index (χ1) is 15.4. The molecule has 6 nitrogen and oxygen atoms in total. The van der Waals surface area contributed by atoms with E-state index < -0.39 is 23.0 Å². The van der Waals surface area contributed by atoms with Crippen LogP contribution in [0.5, 0.6) is 0 Å². The molecule has 0 aliphatic heterocycles. The Balaban J connectivity index is 1.68. The van der Waals surface area contributed by atoms with E-state index >= 15 is 0 Å². The first-order valence-electron chi connectivity index (χ1n) is 9.95. The predicted octanol–water partition coefficient (Wildman–Crippen LogP) is 3.84. The summed E-state index contributed by atoms with van der Waals surface area (Å²) in [6.45, 7) is -0.137. The van der Waals surface area contributed by atoms with Crippen molar-refractivity contribution in [2.45, 2.75) is 19.5 Å². The quantitative estimate of drug-likeness (QED) is 0.484. The van der Waals surface area contributed by atoms with Gasteiger partial charge in [-0.25, -0.2) is 9.18 Å². The highest BCUT2D eigenvalue weighted by atomic mass is 35.5. The van der Waals surface area contributed by atoms with Gasteiger partial charge in [-0.1, -0.05) is 54.1 Å². The van der Waals surface area contributed by atoms with Gasteiger partial charge in [-0.15, -0.1) is 0 Å². The Morgan fingerprint density at radius 3 is 2.41 bits per heavy atom. The topological polar surface area (TPSA) is 73.1 Å². The Morgan fingerprint density at radius 1 is 0.938 bits per heavy atom. The zero-order valence-corrected chi connectivity index (χ0v) is 17.7. The van der Waals surface area contributed by atoms with Gasteiger partial charge in [0.25, 0.3) is 5.56 Å². The molecular weight excluding hydrogens is 433 g/mol. The van der Waals surface area contributed by atoms with Gasteiger partial charge in [0.15, 0.2) is 0 Å². The molecule has 0 aliphatic rings. The fourth-order valence-electron chi connectivity index (χ4n) is 3.52. The van der Waals surface area contributed by atoms with Crippen molar-refractivity contribution in [3.05, 3.63) is 110 Å². The Morgan fingerprint density at radius 2 is 1.66 bits per heavy atom. The summed E-state index contributed by atoms with van der Waals surface area (Å²) in [4.78, 5) is 38.8. The number of nitrogens with one attached hydrogen (secondary N) is 1. The summed E-state index contributed by atoms with van der Waals surface area (Å²) < 4.78 is 15.8. The molecule has 162 valence electrons. The van der Waals surface area contributed by atoms with Crippen molar-refractivity contribution in [1.82, 2.24) is 9.13 Å². The summed E-state index contributed by atoms with van der Waals surface area (Å²) in [5, 5.41) is 2.83. The number of amides is 1. The molecule has 0 aliphatic carbocycles. The van der Waals surface area contributed by atoms with Crippen LogP contribution >= 0.6 is 11.6 Å². The van der Waals surface area contributed by atoms with Gasteiger partial charge < -0.3 is 5.32 Å². The van der Waals surface area contributed by atoms with Crippen molar-refractivity contribution in [3.8, 4) is 0 Å². The van der Waals surface area contributed by atoms with Gasteiger partial charge in [0.05, 0.1) is 15.9 Å². The maximum atomic E-state index is 13.4. The lowest BCUT2D eigenvalue weighted by atomic mass is 10.1. The lowest BCUT2D eigenvalue weighted by molar-refractivity contribution is -0.116. The predicted molar refractivity (Wildman–Crippen MR) is 123 cm³/mol. The summed E-state index contributed by atoms with van der Waals surface area (Å²) >= 11 is 5.76. The third kappa shape index (κ3) is 4.48. The van der Waals surface area contributed by atoms with E-state index in [2.05, 4.69) is 5.32 Å². The van der Waals surface area contributed by atoms with Crippen LogP contribution in [0.3, 0.4) is 0 Å². The summed E-state index contributed by atoms with van der Waals surface area (Å²) in [5.74, 6) is -1.11. The molecule has 3 aromatic carbocycles. The second kappa shape index (κ2) is 9.20. The Labute approximate surface area is 187 Å². The minimum absolute atomic E-state index is 0.125. The third-order valence-electron chi connectivity index (χ3n) is 5.10. The van der Waals surface area contributed by atoms with E-state index in [0.29, 0.717) is 23.0 Å². The SMILES string of the molecule is O=C(Cn1c(=O)n(CCc2ccccc2)c(=O)c2ccccc21)Nc1ccc(F)c(Cl)c1. The minimum atomic E-state index is -0.600. The molecule has 0 atom stereocenters. The molecule has 1 amide bonds. The number of fused-ring (bicyclic) bond motifs is 1. The summed E-state index contributed by atoms with van der Waals surface area (Å²) in [7, 11) is 0. The number of para-hydroxylation sites is 1. The van der Waals surface area contributed by atoms with Crippen LogP contribution in [0.1, 0.15) is 5.56 Å². The summed E-state index contributed by atoms with van der Waals surface area (Å²) in [6, 6.07) is 20.0. The molecule has 1 aromatic heterocycles. The van der Waals surface area contributed by atoms with Crippen molar-refractivity contribution in [1.29, 1.82) is 0 Å². The summed E-state index contributed by atoms with van der Waals surface area (Å²) in [6.07, 6.45) is 0.495. The Bertz CT molecular complexity index is 1410. The second-order valence-electron chi connectivity index (χ2n) is 7.26. The van der Waals surface area contributed by atoms with Gasteiger partial charge in [0.2, 0.25) is 5.91 Å². The number of nitrogens with zero attached hydrogens (tertiary/aromatic N) is 2. The number of carbonyl (C=O) groups excluding carboxylic acids is 1. The average Bonchev–Trinajstić information content (AvgIpc) is 2.80. The molecule has 0 bridgehead atoms. The largest absolute Gasteiger partial charge is 0.331 e. The molecule has 1 heterocycles. The van der Waals surface area contributed by atoms with Gasteiger partial charge in [-0.05, 0) is 42.3 Å². The number of carbonyl (C=O) groups is 1. The lowest BCUT2D eigenvalue weighted by Crippen LogP contribution is -2.42. The number of aryl methyl sites for hydroxylation is 1. The molecule has 4 rings (SSSR count). The maximum Gasteiger partial charge on any atom is 0.331 e. The van der Waals surface area contributed by atoms with Gasteiger partial charge >= 0.3 is 5.69 Å². The van der Waals surface area contributed by atoms with Crippen molar-refractivity contribution >= 4 is 34.1 Å². The van der Waals surface area contributed by atoms with Crippen LogP contribution in [0.4, 0.5) is 10.1 Å². The molecule has 8 heteroatoms. The van der Waals surface area contributed by atoms with E-state index in [0.717, 1.165) is 16.2 Å². The van der Waals surface area contributed by atoms with E-state index in [-0.39, 0.29) is 18.1 Å². The van der Waals surface area contributed by atoms with Crippen LogP contribution in [0.2, 0.25) is 5.02 Å². The number of hydrogen-bond acceptors (Lipinski definition) is 3. The van der Waals surface area contributed by atoms with Crippen LogP contribution in [0, 0.1) is 5.82 Å². The standard InChI is InChI=1S/C24H19ClFN3O3/c25-19-14-17(10-11-20(19)26)27-22(30)15-29-21-9-5-4-8-18(21)23(31)28(24(29)32)13-12-16-6-2-1-3-7-16/h1-11,14H,12-13,15H2,(H,27,30). The Kier molecular flexibility index (Phi) is 6.18. The highest BCUT2D eigenvalue weighted by molar-refractivity contribution is 6.31. The highest BCUT2D eigenvalue weighted by Crippen LogP contribution is 2.19. The van der Waals surface area contributed by atoms with Crippen molar-refractivity contribution in [2.75, 3.05) is 5.32 Å². The van der Waals surface area contributed by atoms with Crippen LogP contribution < -0.4 is 16.6 Å². The molecular formula is C24H19ClFN3O3. The fraction of sp³-hybridized carbons (Fsp3) is 0.125. The number of rotatable bonds is 6. The highest BCUT2D eigenvalue weighted by Gasteiger charge is 2.15. The zero-order chi connectivity index (χ0) is 22.7. The van der Waals surface area contributed by atoms with Crippen LogP contribution in [-0.4, -0.2) is 15.0 Å². The monoisotopic (exact) mass is 451 g/mol. The molecule has 0 saturated heterocycles. The van der Waals surface area contributed by atoms with E-state index in [1.54, 1.807) is 24.3 Å². The molecule has 0 unspecified atom stereocenters. The smallest absolute Gasteiger partial charge is 0.324 e. The van der Waals surface area contributed by atoms with Crippen molar-refractivity contribution in [2.24, 2.45) is 0 Å². The fourth-order valence-corrected chi connectivity index (χ4v) is 3.70. The molecule has 1 N–H and O–H groups in total. The number of anilines is 1. The average molecular weight is 452 g/mol. The molecule has 0 radical (unpaired) electrons. The van der Waals surface area contributed by atoms with Crippen molar-refractivity contribution < 1.29 is 9.18 Å². The zero-order valence-electron chi connectivity index (χ0n) is 16.9. The Hall–Kier alpha value is -3.71. The molecule has 0 spiro atoms. The molecule has 4 aromatic rings. The number of benzene rings is 3. The summed E-state index contributed by atoms with van der Waals surface area (Å²) in [5.41, 5.74) is 0.687. The third-order valence-corrected chi connectivity index (χ3v) is 5.39. The lowest BCUT2D eigenvalue weighted by Gasteiger charge is -2.14. The van der Waals surface area contributed by atoms with Crippen LogP contribution in [0.25, 0.3) is 10.9 Å². The normalized spacial score (nSPS) is 10.9. The number of hydrogen-bond donors (Lipinski definition) is 1. The first kappa shape index (κ1) is 21.5. The van der Waals surface area contributed by atoms with E-state index in [1.165, 1.54) is 16.7 Å². The molecule has 0 fully saturated rings. The minimum Gasteiger partial charge on any atom is -0.324 e. The molecule has 32 heavy (non-hydrogen) atoms. The first-order valence-corrected chi connectivity index (χ1v) is 10.3. The van der Waals surface area contributed by atoms with E-state index in [1.807, 2.05) is 30.3 Å². The maximum absolute atomic E-state index is 13.4. The van der Waals surface area contributed by atoms with Gasteiger partial charge in [-0.3, -0.25) is 18.7 Å². The van der Waals surface area contributed by atoms with Gasteiger partial charge in [0, 0.05) is 12.2 Å². The number of halogens is 2. The second-order valence-corrected chi connectivity index (χ2v) is 7.66. The molecule has 0 saturated carbocycles. The van der Waals surface area contributed by atoms with Gasteiger partial charge in [0.1, 0.15) is 12.4 Å². The van der Waals surface area contributed by atoms with E-state index in [4.69, 9.17) is 11.6 Å². The number of aromatic nitrogens is 2. The van der Waals surface area contributed by atoms with E-state index in [9.17, 15) is 18.8 Å².